The molecule has 0 atom stereocenters. The number of aryl methyl sites for hydroxylation is 1. The highest BCUT2D eigenvalue weighted by molar-refractivity contribution is 6.28. The van der Waals surface area contributed by atoms with Crippen LogP contribution in [-0.2, 0) is 9.59 Å². The number of benzene rings is 2. The van der Waals surface area contributed by atoms with Crippen molar-refractivity contribution in [3.8, 4) is 0 Å². The number of hydrogen-bond donors (Lipinski definition) is 2. The fraction of sp³-hybridized carbons (Fsp3) is 0.231. The third-order valence-corrected chi connectivity index (χ3v) is 6.12. The van der Waals surface area contributed by atoms with Crippen LogP contribution in [0.2, 0.25) is 0 Å². The van der Waals surface area contributed by atoms with Crippen molar-refractivity contribution >= 4 is 39.9 Å². The van der Waals surface area contributed by atoms with Crippen molar-refractivity contribution in [2.75, 3.05) is 23.3 Å². The molecular formula is C26H25N5O2. The third kappa shape index (κ3) is 4.15. The first kappa shape index (κ1) is 21.0. The van der Waals surface area contributed by atoms with Gasteiger partial charge in [-0.15, -0.1) is 0 Å². The lowest BCUT2D eigenvalue weighted by atomic mass is 9.88. The number of carbonyl (C=O) groups excluding carboxylic acids is 2. The number of hydrogen-bond acceptors (Lipinski definition) is 5. The molecule has 2 amide bonds. The number of amidine groups is 1. The molecule has 1 aromatic heterocycles. The van der Waals surface area contributed by atoms with Crippen molar-refractivity contribution in [1.82, 2.24) is 10.3 Å². The van der Waals surface area contributed by atoms with Crippen molar-refractivity contribution in [3.63, 3.8) is 0 Å². The van der Waals surface area contributed by atoms with Gasteiger partial charge in [0.1, 0.15) is 11.4 Å². The quantitative estimate of drug-likeness (QED) is 0.608. The van der Waals surface area contributed by atoms with Crippen LogP contribution in [0.25, 0.3) is 10.9 Å². The molecule has 2 aliphatic rings. The minimum absolute atomic E-state index is 0.0355. The Balaban J connectivity index is 1.40. The molecule has 166 valence electrons. The molecule has 33 heavy (non-hydrogen) atoms. The normalized spacial score (nSPS) is 17.7. The second-order valence-corrected chi connectivity index (χ2v) is 8.47. The molecule has 3 aromatic rings. The smallest absolute Gasteiger partial charge is 0.260 e. The highest BCUT2D eigenvalue weighted by atomic mass is 16.2. The van der Waals surface area contributed by atoms with Crippen LogP contribution in [0.4, 0.5) is 11.4 Å². The van der Waals surface area contributed by atoms with Gasteiger partial charge in [0.25, 0.3) is 5.91 Å². The van der Waals surface area contributed by atoms with Crippen LogP contribution in [-0.4, -0.2) is 41.3 Å². The molecule has 0 radical (unpaired) electrons. The van der Waals surface area contributed by atoms with Crippen LogP contribution in [0, 0.1) is 6.92 Å². The maximum atomic E-state index is 13.5. The van der Waals surface area contributed by atoms with Crippen molar-refractivity contribution in [1.29, 1.82) is 0 Å². The minimum Gasteiger partial charge on any atom is -0.321 e. The van der Waals surface area contributed by atoms with Gasteiger partial charge in [-0.3, -0.25) is 24.5 Å². The standard InChI is InChI=1S/C26H25N5O2/c1-18-6-8-21(9-7-18)31-23(30-26(25(31)33)12-14-27-15-13-26)10-11-24(32)29-20-16-19-4-2-3-5-22(19)28-17-20/h2-11,16-17,27H,12-15H2,1H3,(H,29,32)/b11-10+. The van der Waals surface area contributed by atoms with Gasteiger partial charge < -0.3 is 10.6 Å². The summed E-state index contributed by atoms with van der Waals surface area (Å²) < 4.78 is 0. The summed E-state index contributed by atoms with van der Waals surface area (Å²) in [5, 5.41) is 7.09. The molecule has 0 unspecified atom stereocenters. The number of para-hydroxylation sites is 1. The first-order valence-corrected chi connectivity index (χ1v) is 11.1. The molecule has 2 N–H and O–H groups in total. The summed E-state index contributed by atoms with van der Waals surface area (Å²) in [5.41, 5.74) is 2.57. The van der Waals surface area contributed by atoms with E-state index in [2.05, 4.69) is 15.6 Å². The lowest BCUT2D eigenvalue weighted by Crippen LogP contribution is -2.49. The van der Waals surface area contributed by atoms with Crippen LogP contribution in [0.15, 0.2) is 77.9 Å². The van der Waals surface area contributed by atoms with Gasteiger partial charge >= 0.3 is 0 Å². The highest BCUT2D eigenvalue weighted by Crippen LogP contribution is 2.35. The van der Waals surface area contributed by atoms with E-state index in [0.29, 0.717) is 24.4 Å². The topological polar surface area (TPSA) is 86.7 Å². The Morgan fingerprint density at radius 3 is 2.67 bits per heavy atom. The van der Waals surface area contributed by atoms with E-state index in [4.69, 9.17) is 4.99 Å². The first-order chi connectivity index (χ1) is 16.0. The monoisotopic (exact) mass is 439 g/mol. The second-order valence-electron chi connectivity index (χ2n) is 8.47. The lowest BCUT2D eigenvalue weighted by Gasteiger charge is -2.30. The van der Waals surface area contributed by atoms with E-state index in [0.717, 1.165) is 35.2 Å². The van der Waals surface area contributed by atoms with Gasteiger partial charge in [0.15, 0.2) is 0 Å². The zero-order valence-corrected chi connectivity index (χ0v) is 18.4. The average molecular weight is 440 g/mol. The Morgan fingerprint density at radius 2 is 1.88 bits per heavy atom. The zero-order chi connectivity index (χ0) is 22.8. The number of anilines is 2. The van der Waals surface area contributed by atoms with E-state index in [-0.39, 0.29) is 11.8 Å². The number of carbonyl (C=O) groups is 2. The number of amides is 2. The largest absolute Gasteiger partial charge is 0.321 e. The second kappa shape index (κ2) is 8.60. The summed E-state index contributed by atoms with van der Waals surface area (Å²) in [7, 11) is 0. The number of rotatable bonds is 4. The van der Waals surface area contributed by atoms with Gasteiger partial charge in [-0.1, -0.05) is 35.9 Å². The van der Waals surface area contributed by atoms with Crippen molar-refractivity contribution in [3.05, 3.63) is 78.5 Å². The number of aliphatic imine (C=N–C) groups is 1. The maximum Gasteiger partial charge on any atom is 0.260 e. The predicted molar refractivity (Wildman–Crippen MR) is 130 cm³/mol. The van der Waals surface area contributed by atoms with Crippen molar-refractivity contribution in [2.24, 2.45) is 4.99 Å². The zero-order valence-electron chi connectivity index (χ0n) is 18.4. The highest BCUT2D eigenvalue weighted by Gasteiger charge is 2.48. The third-order valence-electron chi connectivity index (χ3n) is 6.12. The van der Waals surface area contributed by atoms with Crippen molar-refractivity contribution < 1.29 is 9.59 Å². The molecule has 0 saturated carbocycles. The fourth-order valence-electron chi connectivity index (χ4n) is 4.32. The Hall–Kier alpha value is -3.84. The summed E-state index contributed by atoms with van der Waals surface area (Å²) >= 11 is 0. The van der Waals surface area contributed by atoms with E-state index in [9.17, 15) is 9.59 Å². The van der Waals surface area contributed by atoms with E-state index in [1.807, 2.05) is 61.5 Å². The van der Waals surface area contributed by atoms with Crippen LogP contribution >= 0.6 is 0 Å². The van der Waals surface area contributed by atoms with Crippen LogP contribution < -0.4 is 15.5 Å². The molecule has 7 nitrogen and oxygen atoms in total. The predicted octanol–water partition coefficient (Wildman–Crippen LogP) is 3.61. The van der Waals surface area contributed by atoms with Gasteiger partial charge in [-0.25, -0.2) is 0 Å². The van der Waals surface area contributed by atoms with Gasteiger partial charge in [0, 0.05) is 11.5 Å². The molecule has 7 heteroatoms. The molecule has 3 heterocycles. The summed E-state index contributed by atoms with van der Waals surface area (Å²) in [6, 6.07) is 17.4. The molecule has 2 aromatic carbocycles. The SMILES string of the molecule is Cc1ccc(N2C(=O)C3(CCNCC3)N=C2/C=C/C(=O)Nc2cnc3ccccc3c2)cc1. The average Bonchev–Trinajstić information content (AvgIpc) is 3.09. The molecule has 1 spiro atoms. The van der Waals surface area contributed by atoms with E-state index < -0.39 is 5.54 Å². The van der Waals surface area contributed by atoms with Crippen LogP contribution in [0.3, 0.4) is 0 Å². The van der Waals surface area contributed by atoms with Gasteiger partial charge in [-0.2, -0.15) is 0 Å². The Bertz CT molecular complexity index is 1270. The molecule has 1 saturated heterocycles. The molecule has 0 aliphatic carbocycles. The Labute approximate surface area is 192 Å². The van der Waals surface area contributed by atoms with Crippen LogP contribution in [0.5, 0.6) is 0 Å². The molecule has 1 fully saturated rings. The molecule has 2 aliphatic heterocycles. The number of piperidine rings is 1. The number of nitrogens with one attached hydrogen (secondary N) is 2. The fourth-order valence-corrected chi connectivity index (χ4v) is 4.32. The van der Waals surface area contributed by atoms with E-state index in [1.54, 1.807) is 17.2 Å². The number of pyridine rings is 1. The molecular weight excluding hydrogens is 414 g/mol. The number of nitrogens with zero attached hydrogens (tertiary/aromatic N) is 3. The molecule has 5 rings (SSSR count). The van der Waals surface area contributed by atoms with Crippen LogP contribution in [0.1, 0.15) is 18.4 Å². The Kier molecular flexibility index (Phi) is 5.48. The molecule has 0 bridgehead atoms. The van der Waals surface area contributed by atoms with Crippen molar-refractivity contribution in [2.45, 2.75) is 25.3 Å². The van der Waals surface area contributed by atoms with Gasteiger partial charge in [0.2, 0.25) is 5.91 Å². The Morgan fingerprint density at radius 1 is 1.12 bits per heavy atom. The summed E-state index contributed by atoms with van der Waals surface area (Å²) in [4.78, 5) is 37.0. The number of fused-ring (bicyclic) bond motifs is 1. The van der Waals surface area contributed by atoms with Gasteiger partial charge in [0.05, 0.1) is 23.1 Å². The lowest BCUT2D eigenvalue weighted by molar-refractivity contribution is -0.122. The minimum atomic E-state index is -0.769. The van der Waals surface area contributed by atoms with E-state index in [1.165, 1.54) is 6.08 Å². The summed E-state index contributed by atoms with van der Waals surface area (Å²) in [5.74, 6) is 0.140. The van der Waals surface area contributed by atoms with Gasteiger partial charge in [-0.05, 0) is 63.2 Å². The summed E-state index contributed by atoms with van der Waals surface area (Å²) in [6.07, 6.45) is 5.95. The summed E-state index contributed by atoms with van der Waals surface area (Å²) in [6.45, 7) is 3.48. The maximum absolute atomic E-state index is 13.5. The first-order valence-electron chi connectivity index (χ1n) is 11.1. The number of aromatic nitrogens is 1. The van der Waals surface area contributed by atoms with E-state index >= 15 is 0 Å².